The Morgan fingerprint density at radius 3 is 2.37 bits per heavy atom. The number of hydrogen-bond acceptors (Lipinski definition) is 4. The Hall–Kier alpha value is -2.89. The topological polar surface area (TPSA) is 62.7 Å². The third-order valence-electron chi connectivity index (χ3n) is 5.37. The van der Waals surface area contributed by atoms with Crippen molar-refractivity contribution in [2.45, 2.75) is 39.0 Å². The predicted molar refractivity (Wildman–Crippen MR) is 117 cm³/mol. The van der Waals surface area contributed by atoms with E-state index < -0.39 is 0 Å². The lowest BCUT2D eigenvalue weighted by molar-refractivity contribution is -0.131. The Morgan fingerprint density at radius 1 is 0.967 bits per heavy atom. The SMILES string of the molecule is CCCCCCOc1ccc(C(=O)N2CCN(C(=O)Cc3cccnc3)CC2)cc1. The summed E-state index contributed by atoms with van der Waals surface area (Å²) in [5.74, 6) is 0.883. The molecular formula is C24H31N3O3. The summed E-state index contributed by atoms with van der Waals surface area (Å²) in [5, 5.41) is 0. The number of aromatic nitrogens is 1. The number of nitrogens with zero attached hydrogens (tertiary/aromatic N) is 3. The molecule has 0 saturated carbocycles. The smallest absolute Gasteiger partial charge is 0.253 e. The van der Waals surface area contributed by atoms with Crippen molar-refractivity contribution in [3.05, 3.63) is 59.9 Å². The highest BCUT2D eigenvalue weighted by atomic mass is 16.5. The maximum absolute atomic E-state index is 12.8. The van der Waals surface area contributed by atoms with Crippen molar-refractivity contribution < 1.29 is 14.3 Å². The zero-order chi connectivity index (χ0) is 21.2. The van der Waals surface area contributed by atoms with E-state index in [4.69, 9.17) is 4.74 Å². The minimum absolute atomic E-state index is 0.00357. The molecule has 1 aliphatic heterocycles. The van der Waals surface area contributed by atoms with Crippen LogP contribution >= 0.6 is 0 Å². The number of carbonyl (C=O) groups excluding carboxylic acids is 2. The van der Waals surface area contributed by atoms with Gasteiger partial charge in [0.1, 0.15) is 5.75 Å². The molecule has 1 saturated heterocycles. The summed E-state index contributed by atoms with van der Waals surface area (Å²) >= 11 is 0. The van der Waals surface area contributed by atoms with Crippen LogP contribution in [-0.4, -0.2) is 59.4 Å². The van der Waals surface area contributed by atoms with Crippen LogP contribution in [0.5, 0.6) is 5.75 Å². The monoisotopic (exact) mass is 409 g/mol. The van der Waals surface area contributed by atoms with Crippen molar-refractivity contribution in [1.29, 1.82) is 0 Å². The fraction of sp³-hybridized carbons (Fsp3) is 0.458. The first-order chi connectivity index (χ1) is 14.7. The maximum Gasteiger partial charge on any atom is 0.253 e. The minimum atomic E-state index is 0.00357. The molecule has 2 amide bonds. The van der Waals surface area contributed by atoms with Crippen molar-refractivity contribution in [2.75, 3.05) is 32.8 Å². The molecule has 0 N–H and O–H groups in total. The van der Waals surface area contributed by atoms with Gasteiger partial charge in [0.05, 0.1) is 13.0 Å². The van der Waals surface area contributed by atoms with Crippen LogP contribution in [0.15, 0.2) is 48.8 Å². The van der Waals surface area contributed by atoms with Crippen LogP contribution in [0.25, 0.3) is 0 Å². The summed E-state index contributed by atoms with van der Waals surface area (Å²) in [4.78, 5) is 33.0. The van der Waals surface area contributed by atoms with Crippen LogP contribution < -0.4 is 4.74 Å². The first-order valence-corrected chi connectivity index (χ1v) is 10.9. The zero-order valence-corrected chi connectivity index (χ0v) is 17.8. The van der Waals surface area contributed by atoms with Crippen LogP contribution in [-0.2, 0) is 11.2 Å². The molecule has 2 heterocycles. The second kappa shape index (κ2) is 11.3. The number of ether oxygens (including phenoxy) is 1. The Morgan fingerprint density at radius 2 is 1.70 bits per heavy atom. The molecule has 0 unspecified atom stereocenters. The second-order valence-electron chi connectivity index (χ2n) is 7.64. The number of carbonyl (C=O) groups is 2. The van der Waals surface area contributed by atoms with Crippen molar-refractivity contribution in [1.82, 2.24) is 14.8 Å². The van der Waals surface area contributed by atoms with Crippen LogP contribution in [0.3, 0.4) is 0 Å². The number of benzene rings is 1. The summed E-state index contributed by atoms with van der Waals surface area (Å²) < 4.78 is 5.75. The number of piperazine rings is 1. The first kappa shape index (κ1) is 21.8. The summed E-state index contributed by atoms with van der Waals surface area (Å²) in [6.45, 7) is 5.12. The van der Waals surface area contributed by atoms with Crippen LogP contribution in [0.4, 0.5) is 0 Å². The largest absolute Gasteiger partial charge is 0.494 e. The van der Waals surface area contributed by atoms with Crippen molar-refractivity contribution >= 4 is 11.8 Å². The molecule has 0 radical (unpaired) electrons. The Balaban J connectivity index is 1.44. The molecule has 160 valence electrons. The number of rotatable bonds is 9. The van der Waals surface area contributed by atoms with Gasteiger partial charge >= 0.3 is 0 Å². The van der Waals surface area contributed by atoms with E-state index in [0.717, 1.165) is 17.7 Å². The van der Waals surface area contributed by atoms with E-state index in [9.17, 15) is 9.59 Å². The van der Waals surface area contributed by atoms with E-state index in [1.54, 1.807) is 12.4 Å². The van der Waals surface area contributed by atoms with E-state index in [-0.39, 0.29) is 11.8 Å². The van der Waals surface area contributed by atoms with E-state index >= 15 is 0 Å². The van der Waals surface area contributed by atoms with Gasteiger partial charge in [-0.2, -0.15) is 0 Å². The third-order valence-corrected chi connectivity index (χ3v) is 5.37. The molecule has 1 aromatic carbocycles. The quantitative estimate of drug-likeness (QED) is 0.594. The highest BCUT2D eigenvalue weighted by Gasteiger charge is 2.24. The van der Waals surface area contributed by atoms with Crippen LogP contribution in [0.2, 0.25) is 0 Å². The second-order valence-corrected chi connectivity index (χ2v) is 7.64. The van der Waals surface area contributed by atoms with Gasteiger partial charge in [0.25, 0.3) is 5.91 Å². The highest BCUT2D eigenvalue weighted by molar-refractivity contribution is 5.94. The lowest BCUT2D eigenvalue weighted by Crippen LogP contribution is -2.51. The van der Waals surface area contributed by atoms with Gasteiger partial charge in [-0.05, 0) is 42.3 Å². The summed E-state index contributed by atoms with van der Waals surface area (Å²) in [6, 6.07) is 11.1. The zero-order valence-electron chi connectivity index (χ0n) is 17.8. The van der Waals surface area contributed by atoms with Crippen molar-refractivity contribution in [2.24, 2.45) is 0 Å². The van der Waals surface area contributed by atoms with Gasteiger partial charge in [0.2, 0.25) is 5.91 Å². The van der Waals surface area contributed by atoms with Gasteiger partial charge in [0.15, 0.2) is 0 Å². The Labute approximate surface area is 178 Å². The normalized spacial score (nSPS) is 13.9. The average Bonchev–Trinajstić information content (AvgIpc) is 2.80. The molecule has 6 nitrogen and oxygen atoms in total. The summed E-state index contributed by atoms with van der Waals surface area (Å²) in [7, 11) is 0. The molecule has 30 heavy (non-hydrogen) atoms. The lowest BCUT2D eigenvalue weighted by Gasteiger charge is -2.35. The van der Waals surface area contributed by atoms with Crippen molar-refractivity contribution in [3.8, 4) is 5.75 Å². The van der Waals surface area contributed by atoms with E-state index in [2.05, 4.69) is 11.9 Å². The fourth-order valence-electron chi connectivity index (χ4n) is 3.54. The number of pyridine rings is 1. The number of hydrogen-bond donors (Lipinski definition) is 0. The molecule has 0 bridgehead atoms. The Kier molecular flexibility index (Phi) is 8.24. The average molecular weight is 410 g/mol. The minimum Gasteiger partial charge on any atom is -0.494 e. The van der Waals surface area contributed by atoms with Gasteiger partial charge in [-0.15, -0.1) is 0 Å². The summed E-state index contributed by atoms with van der Waals surface area (Å²) in [6.07, 6.45) is 8.45. The molecule has 2 aromatic rings. The standard InChI is InChI=1S/C24H31N3O3/c1-2-3-4-5-17-30-22-10-8-21(9-11-22)24(29)27-15-13-26(14-16-27)23(28)18-20-7-6-12-25-19-20/h6-12,19H,2-5,13-18H2,1H3. The maximum atomic E-state index is 12.8. The molecule has 0 atom stereocenters. The molecule has 1 fully saturated rings. The molecular weight excluding hydrogens is 378 g/mol. The van der Waals surface area contributed by atoms with E-state index in [1.165, 1.54) is 19.3 Å². The lowest BCUT2D eigenvalue weighted by atomic mass is 10.1. The van der Waals surface area contributed by atoms with Gasteiger partial charge in [-0.3, -0.25) is 14.6 Å². The van der Waals surface area contributed by atoms with Gasteiger partial charge in [-0.25, -0.2) is 0 Å². The molecule has 3 rings (SSSR count). The molecule has 1 aromatic heterocycles. The fourth-order valence-corrected chi connectivity index (χ4v) is 3.54. The Bertz CT molecular complexity index is 800. The van der Waals surface area contributed by atoms with Crippen LogP contribution in [0, 0.1) is 0 Å². The van der Waals surface area contributed by atoms with Gasteiger partial charge in [0, 0.05) is 44.1 Å². The number of amides is 2. The first-order valence-electron chi connectivity index (χ1n) is 10.9. The number of unbranched alkanes of at least 4 members (excludes halogenated alkanes) is 3. The molecule has 6 heteroatoms. The van der Waals surface area contributed by atoms with Crippen LogP contribution in [0.1, 0.15) is 48.5 Å². The van der Waals surface area contributed by atoms with E-state index in [0.29, 0.717) is 44.8 Å². The molecule has 1 aliphatic rings. The van der Waals surface area contributed by atoms with Crippen molar-refractivity contribution in [3.63, 3.8) is 0 Å². The van der Waals surface area contributed by atoms with Gasteiger partial charge < -0.3 is 14.5 Å². The highest BCUT2D eigenvalue weighted by Crippen LogP contribution is 2.16. The summed E-state index contributed by atoms with van der Waals surface area (Å²) in [5.41, 5.74) is 1.57. The molecule has 0 aliphatic carbocycles. The molecule has 0 spiro atoms. The predicted octanol–water partition coefficient (Wildman–Crippen LogP) is 3.57. The van der Waals surface area contributed by atoms with E-state index in [1.807, 2.05) is 46.2 Å². The third kappa shape index (κ3) is 6.31. The van der Waals surface area contributed by atoms with Gasteiger partial charge in [-0.1, -0.05) is 32.3 Å².